The fourth-order valence-electron chi connectivity index (χ4n) is 1.04. The van der Waals surface area contributed by atoms with Crippen LogP contribution in [0.5, 0.6) is 5.75 Å². The highest BCUT2D eigenvalue weighted by Gasteiger charge is 2.15. The number of nitro groups is 1. The Hall–Kier alpha value is -1.10. The predicted molar refractivity (Wildman–Crippen MR) is 56.9 cm³/mol. The molecule has 1 rings (SSSR count). The predicted octanol–water partition coefficient (Wildman–Crippen LogP) is 3.02. The van der Waals surface area contributed by atoms with Gasteiger partial charge in [-0.2, -0.15) is 0 Å². The molecular formula is C9H10BrNO3. The zero-order chi connectivity index (χ0) is 10.7. The van der Waals surface area contributed by atoms with E-state index >= 15 is 0 Å². The molecule has 0 bridgehead atoms. The lowest BCUT2D eigenvalue weighted by molar-refractivity contribution is -0.385. The third-order valence-corrected chi connectivity index (χ3v) is 1.79. The fraction of sp³-hybridized carbons (Fsp3) is 0.333. The highest BCUT2D eigenvalue weighted by atomic mass is 79.9. The van der Waals surface area contributed by atoms with Crippen LogP contribution in [0.3, 0.4) is 0 Å². The number of rotatable bonds is 3. The number of halogens is 1. The minimum Gasteiger partial charge on any atom is -0.472 e. The zero-order valence-corrected chi connectivity index (χ0v) is 9.45. The normalized spacial score (nSPS) is 12.2. The molecule has 1 atom stereocenters. The van der Waals surface area contributed by atoms with Gasteiger partial charge in [0.15, 0.2) is 10.8 Å². The van der Waals surface area contributed by atoms with E-state index in [4.69, 9.17) is 4.74 Å². The molecule has 0 spiro atoms. The van der Waals surface area contributed by atoms with Gasteiger partial charge >= 0.3 is 5.69 Å². The van der Waals surface area contributed by atoms with Crippen molar-refractivity contribution >= 4 is 21.6 Å². The van der Waals surface area contributed by atoms with Crippen molar-refractivity contribution < 1.29 is 9.66 Å². The average molecular weight is 260 g/mol. The van der Waals surface area contributed by atoms with Crippen molar-refractivity contribution in [2.45, 2.75) is 18.9 Å². The lowest BCUT2D eigenvalue weighted by Crippen LogP contribution is -2.04. The van der Waals surface area contributed by atoms with E-state index in [9.17, 15) is 10.1 Å². The van der Waals surface area contributed by atoms with Crippen LogP contribution in [0.1, 0.15) is 12.5 Å². The molecular weight excluding hydrogens is 250 g/mol. The number of hydrogen-bond donors (Lipinski definition) is 0. The number of hydrogen-bond acceptors (Lipinski definition) is 3. The van der Waals surface area contributed by atoms with E-state index < -0.39 is 4.92 Å². The summed E-state index contributed by atoms with van der Waals surface area (Å²) in [7, 11) is 0. The molecule has 0 fully saturated rings. The summed E-state index contributed by atoms with van der Waals surface area (Å²) in [6.45, 7) is 3.61. The third kappa shape index (κ3) is 2.70. The van der Waals surface area contributed by atoms with Crippen LogP contribution in [0.25, 0.3) is 0 Å². The maximum absolute atomic E-state index is 10.6. The minimum atomic E-state index is -0.454. The van der Waals surface area contributed by atoms with Gasteiger partial charge in [0.25, 0.3) is 0 Å². The van der Waals surface area contributed by atoms with Crippen LogP contribution in [0.15, 0.2) is 18.2 Å². The Morgan fingerprint density at radius 3 is 2.71 bits per heavy atom. The van der Waals surface area contributed by atoms with Crippen LogP contribution in [-0.2, 0) is 0 Å². The molecule has 0 aliphatic heterocycles. The Bertz CT molecular complexity index is 352. The van der Waals surface area contributed by atoms with E-state index in [2.05, 4.69) is 15.9 Å². The lowest BCUT2D eigenvalue weighted by atomic mass is 10.2. The first kappa shape index (κ1) is 11.0. The summed E-state index contributed by atoms with van der Waals surface area (Å²) in [4.78, 5) is 10.2. The van der Waals surface area contributed by atoms with Crippen molar-refractivity contribution in [2.75, 3.05) is 0 Å². The molecule has 0 saturated heterocycles. The largest absolute Gasteiger partial charge is 0.472 e. The molecule has 76 valence electrons. The molecule has 1 aromatic carbocycles. The molecule has 0 saturated carbocycles. The first-order valence-electron chi connectivity index (χ1n) is 4.06. The fourth-order valence-corrected chi connectivity index (χ4v) is 1.24. The highest BCUT2D eigenvalue weighted by Crippen LogP contribution is 2.29. The zero-order valence-electron chi connectivity index (χ0n) is 7.86. The Balaban J connectivity index is 3.09. The summed E-state index contributed by atoms with van der Waals surface area (Å²) < 4.78 is 5.26. The summed E-state index contributed by atoms with van der Waals surface area (Å²) in [6.07, 6.45) is 0. The molecule has 0 amide bonds. The van der Waals surface area contributed by atoms with Gasteiger partial charge in [-0.05, 0) is 41.4 Å². The van der Waals surface area contributed by atoms with E-state index in [1.54, 1.807) is 19.1 Å². The van der Waals surface area contributed by atoms with Gasteiger partial charge in [0.2, 0.25) is 0 Å². The van der Waals surface area contributed by atoms with E-state index in [0.29, 0.717) is 5.75 Å². The number of alkyl halides is 1. The van der Waals surface area contributed by atoms with Gasteiger partial charge in [-0.3, -0.25) is 10.1 Å². The van der Waals surface area contributed by atoms with E-state index in [0.717, 1.165) is 5.56 Å². The van der Waals surface area contributed by atoms with E-state index in [1.165, 1.54) is 6.07 Å². The standard InChI is InChI=1S/C9H10BrNO3/c1-6-3-4-8(11(12)13)9(5-6)14-7(2)10/h3-5,7H,1-2H3. The molecule has 0 heterocycles. The second-order valence-electron chi connectivity index (χ2n) is 2.89. The molecule has 1 unspecified atom stereocenters. The number of nitrogens with zero attached hydrogens (tertiary/aromatic N) is 1. The molecule has 4 nitrogen and oxygen atoms in total. The minimum absolute atomic E-state index is 0.0121. The van der Waals surface area contributed by atoms with Crippen LogP contribution in [0.4, 0.5) is 5.69 Å². The maximum Gasteiger partial charge on any atom is 0.310 e. The van der Waals surface area contributed by atoms with E-state index in [1.807, 2.05) is 6.92 Å². The molecule has 5 heteroatoms. The highest BCUT2D eigenvalue weighted by molar-refractivity contribution is 9.09. The van der Waals surface area contributed by atoms with Crippen LogP contribution >= 0.6 is 15.9 Å². The van der Waals surface area contributed by atoms with Gasteiger partial charge in [0.05, 0.1) is 4.92 Å². The third-order valence-electron chi connectivity index (χ3n) is 1.60. The van der Waals surface area contributed by atoms with Crippen LogP contribution < -0.4 is 4.74 Å². The summed E-state index contributed by atoms with van der Waals surface area (Å²) in [5, 5.41) is 10.4. The summed E-state index contributed by atoms with van der Waals surface area (Å²) >= 11 is 3.17. The van der Waals surface area contributed by atoms with Gasteiger partial charge < -0.3 is 4.74 Å². The van der Waals surface area contributed by atoms with Gasteiger partial charge in [-0.15, -0.1) is 0 Å². The van der Waals surface area contributed by atoms with Gasteiger partial charge in [-0.25, -0.2) is 0 Å². The SMILES string of the molecule is Cc1ccc([N+](=O)[O-])c(OC(C)Br)c1. The Kier molecular flexibility index (Phi) is 3.46. The molecule has 0 radical (unpaired) electrons. The van der Waals surface area contributed by atoms with Gasteiger partial charge in [-0.1, -0.05) is 6.07 Å². The summed E-state index contributed by atoms with van der Waals surface area (Å²) in [5.74, 6) is 0.291. The summed E-state index contributed by atoms with van der Waals surface area (Å²) in [5.41, 5.74) is 0.917. The second kappa shape index (κ2) is 4.41. The molecule has 0 N–H and O–H groups in total. The van der Waals surface area contributed by atoms with Crippen molar-refractivity contribution in [3.8, 4) is 5.75 Å². The van der Waals surface area contributed by atoms with Crippen molar-refractivity contribution in [1.82, 2.24) is 0 Å². The van der Waals surface area contributed by atoms with Crippen molar-refractivity contribution in [2.24, 2.45) is 0 Å². The van der Waals surface area contributed by atoms with Crippen LogP contribution in [0.2, 0.25) is 0 Å². The number of benzene rings is 1. The topological polar surface area (TPSA) is 52.4 Å². The van der Waals surface area contributed by atoms with Gasteiger partial charge in [0.1, 0.15) is 0 Å². The average Bonchev–Trinajstić information content (AvgIpc) is 2.01. The number of nitro benzene ring substituents is 1. The second-order valence-corrected chi connectivity index (χ2v) is 4.18. The van der Waals surface area contributed by atoms with Crippen molar-refractivity contribution in [3.05, 3.63) is 33.9 Å². The molecule has 14 heavy (non-hydrogen) atoms. The first-order valence-corrected chi connectivity index (χ1v) is 4.98. The number of aryl methyl sites for hydroxylation is 1. The van der Waals surface area contributed by atoms with Crippen LogP contribution in [-0.4, -0.2) is 9.94 Å². The smallest absolute Gasteiger partial charge is 0.310 e. The van der Waals surface area contributed by atoms with E-state index in [-0.39, 0.29) is 10.7 Å². The monoisotopic (exact) mass is 259 g/mol. The number of ether oxygens (including phenoxy) is 1. The van der Waals surface area contributed by atoms with Crippen LogP contribution in [0, 0.1) is 17.0 Å². The first-order chi connectivity index (χ1) is 6.50. The summed E-state index contributed by atoms with van der Waals surface area (Å²) in [6, 6.07) is 4.78. The maximum atomic E-state index is 10.6. The molecule has 0 aliphatic rings. The molecule has 0 aliphatic carbocycles. The van der Waals surface area contributed by atoms with Gasteiger partial charge in [0, 0.05) is 6.07 Å². The molecule has 0 aromatic heterocycles. The Morgan fingerprint density at radius 1 is 1.57 bits per heavy atom. The Labute approximate surface area is 90.2 Å². The van der Waals surface area contributed by atoms with Crippen molar-refractivity contribution in [1.29, 1.82) is 0 Å². The quantitative estimate of drug-likeness (QED) is 0.476. The lowest BCUT2D eigenvalue weighted by Gasteiger charge is -2.08. The Morgan fingerprint density at radius 2 is 2.21 bits per heavy atom. The van der Waals surface area contributed by atoms with Crippen molar-refractivity contribution in [3.63, 3.8) is 0 Å². The molecule has 1 aromatic rings.